The topological polar surface area (TPSA) is 95.5 Å². The molecule has 2 aromatic carbocycles. The van der Waals surface area contributed by atoms with Gasteiger partial charge in [-0.05, 0) is 43.3 Å². The van der Waals surface area contributed by atoms with Gasteiger partial charge in [-0.25, -0.2) is 4.99 Å². The van der Waals surface area contributed by atoms with E-state index in [1.807, 2.05) is 55.5 Å². The van der Waals surface area contributed by atoms with E-state index in [2.05, 4.69) is 36.1 Å². The van der Waals surface area contributed by atoms with Crippen molar-refractivity contribution in [3.05, 3.63) is 72.3 Å². The van der Waals surface area contributed by atoms with Gasteiger partial charge in [-0.1, -0.05) is 38.6 Å². The summed E-state index contributed by atoms with van der Waals surface area (Å²) in [7, 11) is 0. The van der Waals surface area contributed by atoms with Crippen molar-refractivity contribution in [1.82, 2.24) is 5.32 Å². The van der Waals surface area contributed by atoms with E-state index in [9.17, 15) is 0 Å². The Balaban J connectivity index is 2.13. The first-order valence-corrected chi connectivity index (χ1v) is 9.97. The van der Waals surface area contributed by atoms with Crippen molar-refractivity contribution in [3.63, 3.8) is 0 Å². The standard InChI is InChI=1S/C24H31N5O/c1-5-7-24(29-21-10-11-23(26)20(14-21)16-25)28-18(4)19-8-6-9-22(15-19)30-13-12-27-17(2)3/h5-11,14-17,25,27H,4,12-13,26H2,1-3H3,(H,28,29)/b7-5-,25-16?. The molecule has 0 heterocycles. The second kappa shape index (κ2) is 11.6. The van der Waals surface area contributed by atoms with Crippen molar-refractivity contribution in [1.29, 1.82) is 5.41 Å². The zero-order valence-electron chi connectivity index (χ0n) is 17.9. The molecular formula is C24H31N5O. The molecule has 0 amide bonds. The highest BCUT2D eigenvalue weighted by atomic mass is 16.5. The Labute approximate surface area is 179 Å². The van der Waals surface area contributed by atoms with Crippen LogP contribution in [0.5, 0.6) is 5.75 Å². The van der Waals surface area contributed by atoms with E-state index in [4.69, 9.17) is 15.9 Å². The number of nitrogens with two attached hydrogens (primary N) is 1. The molecule has 5 N–H and O–H groups in total. The molecule has 0 aromatic heterocycles. The van der Waals surface area contributed by atoms with Crippen LogP contribution in [0.25, 0.3) is 5.70 Å². The molecule has 0 spiro atoms. The first-order chi connectivity index (χ1) is 14.4. The number of nitrogens with one attached hydrogen (secondary N) is 3. The number of rotatable bonds is 10. The Hall–Kier alpha value is -3.38. The first-order valence-electron chi connectivity index (χ1n) is 9.97. The fourth-order valence-corrected chi connectivity index (χ4v) is 2.68. The molecule has 0 aliphatic heterocycles. The maximum Gasteiger partial charge on any atom is 0.130 e. The Morgan fingerprint density at radius 1 is 1.27 bits per heavy atom. The van der Waals surface area contributed by atoms with Crippen LogP contribution in [0.3, 0.4) is 0 Å². The minimum Gasteiger partial charge on any atom is -0.492 e. The van der Waals surface area contributed by atoms with Gasteiger partial charge in [0.15, 0.2) is 0 Å². The number of benzene rings is 2. The van der Waals surface area contributed by atoms with Gasteiger partial charge >= 0.3 is 0 Å². The maximum atomic E-state index is 7.46. The summed E-state index contributed by atoms with van der Waals surface area (Å²) in [5.74, 6) is 1.42. The molecular weight excluding hydrogens is 374 g/mol. The van der Waals surface area contributed by atoms with Gasteiger partial charge in [0.05, 0.1) is 5.70 Å². The lowest BCUT2D eigenvalue weighted by molar-refractivity contribution is 0.309. The molecule has 0 fully saturated rings. The fraction of sp³-hybridized carbons (Fsp3) is 0.250. The highest BCUT2D eigenvalue weighted by Gasteiger charge is 2.05. The number of nitrogen functional groups attached to an aromatic ring is 1. The van der Waals surface area contributed by atoms with E-state index in [1.165, 1.54) is 6.21 Å². The predicted molar refractivity (Wildman–Crippen MR) is 129 cm³/mol. The van der Waals surface area contributed by atoms with E-state index in [1.54, 1.807) is 6.07 Å². The van der Waals surface area contributed by atoms with Crippen LogP contribution in [0, 0.1) is 5.41 Å². The summed E-state index contributed by atoms with van der Waals surface area (Å²) < 4.78 is 5.82. The number of aliphatic imine (C=N–C) groups is 1. The average Bonchev–Trinajstić information content (AvgIpc) is 2.72. The van der Waals surface area contributed by atoms with Crippen LogP contribution in [-0.2, 0) is 0 Å². The monoisotopic (exact) mass is 405 g/mol. The minimum atomic E-state index is 0.433. The zero-order chi connectivity index (χ0) is 21.9. The van der Waals surface area contributed by atoms with Gasteiger partial charge in [-0.2, -0.15) is 0 Å². The normalized spacial score (nSPS) is 11.7. The van der Waals surface area contributed by atoms with Crippen LogP contribution >= 0.6 is 0 Å². The van der Waals surface area contributed by atoms with E-state index < -0.39 is 0 Å². The molecule has 0 saturated heterocycles. The van der Waals surface area contributed by atoms with Crippen LogP contribution in [0.1, 0.15) is 31.9 Å². The summed E-state index contributed by atoms with van der Waals surface area (Å²) in [5, 5.41) is 14.0. The zero-order valence-corrected chi connectivity index (χ0v) is 17.9. The molecule has 6 nitrogen and oxygen atoms in total. The highest BCUT2D eigenvalue weighted by Crippen LogP contribution is 2.21. The van der Waals surface area contributed by atoms with Crippen molar-refractivity contribution in [2.45, 2.75) is 26.8 Å². The minimum absolute atomic E-state index is 0.433. The molecule has 2 aromatic rings. The molecule has 6 heteroatoms. The molecule has 0 saturated carbocycles. The third kappa shape index (κ3) is 7.22. The number of ether oxygens (including phenoxy) is 1. The molecule has 0 aliphatic carbocycles. The quantitative estimate of drug-likeness (QED) is 0.199. The predicted octanol–water partition coefficient (Wildman–Crippen LogP) is 4.70. The number of allylic oxidation sites excluding steroid dienone is 1. The largest absolute Gasteiger partial charge is 0.492 e. The van der Waals surface area contributed by atoms with E-state index >= 15 is 0 Å². The Kier molecular flexibility index (Phi) is 8.84. The van der Waals surface area contributed by atoms with Gasteiger partial charge in [-0.15, -0.1) is 0 Å². The maximum absolute atomic E-state index is 7.46. The van der Waals surface area contributed by atoms with E-state index in [0.29, 0.717) is 35.4 Å². The van der Waals surface area contributed by atoms with Crippen molar-refractivity contribution in [2.24, 2.45) is 4.99 Å². The highest BCUT2D eigenvalue weighted by molar-refractivity contribution is 6.06. The SMILES string of the molecule is C=C(/N=C(\C=C/C)Nc1ccc(N)c(C=N)c1)c1cccc(OCCNC(C)C)c1. The molecule has 0 radical (unpaired) electrons. The second-order valence-corrected chi connectivity index (χ2v) is 7.04. The average molecular weight is 406 g/mol. The Morgan fingerprint density at radius 2 is 2.07 bits per heavy atom. The molecule has 0 unspecified atom stereocenters. The smallest absolute Gasteiger partial charge is 0.130 e. The molecule has 0 bridgehead atoms. The van der Waals surface area contributed by atoms with Gasteiger partial charge in [0.1, 0.15) is 18.2 Å². The summed E-state index contributed by atoms with van der Waals surface area (Å²) in [4.78, 5) is 4.64. The Bertz CT molecular complexity index is 931. The first kappa shape index (κ1) is 22.9. The number of nitrogens with zero attached hydrogens (tertiary/aromatic N) is 1. The molecule has 158 valence electrons. The van der Waals surface area contributed by atoms with Gasteiger partial charge < -0.3 is 26.5 Å². The fourth-order valence-electron chi connectivity index (χ4n) is 2.68. The van der Waals surface area contributed by atoms with Gasteiger partial charge in [0.25, 0.3) is 0 Å². The second-order valence-electron chi connectivity index (χ2n) is 7.04. The van der Waals surface area contributed by atoms with Crippen molar-refractivity contribution in [3.8, 4) is 5.75 Å². The van der Waals surface area contributed by atoms with Gasteiger partial charge in [-0.3, -0.25) is 0 Å². The lowest BCUT2D eigenvalue weighted by Gasteiger charge is -2.12. The van der Waals surface area contributed by atoms with Crippen LogP contribution < -0.4 is 21.1 Å². The molecule has 2 rings (SSSR count). The van der Waals surface area contributed by atoms with Gasteiger partial charge in [0.2, 0.25) is 0 Å². The molecule has 30 heavy (non-hydrogen) atoms. The number of hydrogen-bond donors (Lipinski definition) is 4. The van der Waals surface area contributed by atoms with Crippen LogP contribution in [0.15, 0.2) is 66.2 Å². The van der Waals surface area contributed by atoms with Crippen LogP contribution in [-0.4, -0.2) is 31.2 Å². The van der Waals surface area contributed by atoms with E-state index in [-0.39, 0.29) is 0 Å². The number of amidine groups is 1. The molecule has 0 atom stereocenters. The summed E-state index contributed by atoms with van der Waals surface area (Å²) in [6.45, 7) is 11.6. The third-order valence-electron chi connectivity index (χ3n) is 4.19. The summed E-state index contributed by atoms with van der Waals surface area (Å²) >= 11 is 0. The van der Waals surface area contributed by atoms with Crippen LogP contribution in [0.4, 0.5) is 11.4 Å². The van der Waals surface area contributed by atoms with Crippen molar-refractivity contribution < 1.29 is 4.74 Å². The molecule has 0 aliphatic rings. The lowest BCUT2D eigenvalue weighted by atomic mass is 10.1. The van der Waals surface area contributed by atoms with E-state index in [0.717, 1.165) is 23.5 Å². The van der Waals surface area contributed by atoms with Gasteiger partial charge in [0, 0.05) is 41.3 Å². The third-order valence-corrected chi connectivity index (χ3v) is 4.19. The summed E-state index contributed by atoms with van der Waals surface area (Å²) in [6, 6.07) is 13.6. The summed E-state index contributed by atoms with van der Waals surface area (Å²) in [6.07, 6.45) is 4.99. The number of anilines is 2. The van der Waals surface area contributed by atoms with Crippen molar-refractivity contribution >= 4 is 29.1 Å². The Morgan fingerprint density at radius 3 is 2.77 bits per heavy atom. The lowest BCUT2D eigenvalue weighted by Crippen LogP contribution is -2.27. The van der Waals surface area contributed by atoms with Crippen molar-refractivity contribution in [2.75, 3.05) is 24.2 Å². The summed E-state index contributed by atoms with van der Waals surface area (Å²) in [5.41, 5.74) is 9.36. The van der Waals surface area contributed by atoms with Crippen LogP contribution in [0.2, 0.25) is 0 Å². The number of hydrogen-bond acceptors (Lipinski definition) is 5.